The van der Waals surface area contributed by atoms with E-state index in [0.29, 0.717) is 5.75 Å². The van der Waals surface area contributed by atoms with Gasteiger partial charge in [0, 0.05) is 0 Å². The molecule has 1 aromatic rings. The molecule has 82 valence electrons. The van der Waals surface area contributed by atoms with Crippen molar-refractivity contribution in [1.82, 2.24) is 0 Å². The molecule has 0 aliphatic heterocycles. The first-order valence-electron chi connectivity index (χ1n) is 5.02. The summed E-state index contributed by atoms with van der Waals surface area (Å²) in [5.41, 5.74) is -0.591. The van der Waals surface area contributed by atoms with Crippen molar-refractivity contribution in [3.05, 3.63) is 24.3 Å². The van der Waals surface area contributed by atoms with Gasteiger partial charge in [-0.1, -0.05) is 12.1 Å². The zero-order valence-corrected chi connectivity index (χ0v) is 8.13. The van der Waals surface area contributed by atoms with Crippen molar-refractivity contribution >= 4 is 12.4 Å². The molecule has 0 unspecified atom stereocenters. The molecule has 0 atom stereocenters. The fraction of sp³-hybridized carbons (Fsp3) is 0.400. The van der Waals surface area contributed by atoms with Crippen LogP contribution in [0.5, 0.6) is 5.75 Å². The molecule has 1 aliphatic carbocycles. The second-order valence-corrected chi connectivity index (χ2v) is 3.82. The Morgan fingerprint density at radius 1 is 1.20 bits per heavy atom. The van der Waals surface area contributed by atoms with Crippen molar-refractivity contribution in [3.8, 4) is 5.75 Å². The number of benzene rings is 1. The maximum atomic E-state index is 12.4. The Hall–Kier alpha value is -1.13. The number of ether oxygens (including phenoxy) is 1. The van der Waals surface area contributed by atoms with E-state index in [-0.39, 0.29) is 6.10 Å². The van der Waals surface area contributed by atoms with E-state index >= 15 is 0 Å². The minimum absolute atomic E-state index is 0.112. The third-order valence-electron chi connectivity index (χ3n) is 2.59. The number of rotatable bonds is 3. The molecule has 2 rings (SSSR count). The Morgan fingerprint density at radius 3 is 2.47 bits per heavy atom. The van der Waals surface area contributed by atoms with E-state index in [0.717, 1.165) is 31.4 Å². The van der Waals surface area contributed by atoms with Crippen LogP contribution in [0.3, 0.4) is 0 Å². The van der Waals surface area contributed by atoms with Crippen LogP contribution in [0.4, 0.5) is 12.9 Å². The van der Waals surface area contributed by atoms with E-state index in [9.17, 15) is 12.9 Å². The molecule has 1 aromatic carbocycles. The van der Waals surface area contributed by atoms with Gasteiger partial charge in [0.2, 0.25) is 0 Å². The Bertz CT molecular complexity index is 347. The van der Waals surface area contributed by atoms with Crippen LogP contribution in [-0.2, 0) is 0 Å². The predicted molar refractivity (Wildman–Crippen MR) is 53.4 cm³/mol. The van der Waals surface area contributed by atoms with Gasteiger partial charge in [0.25, 0.3) is 0 Å². The van der Waals surface area contributed by atoms with Gasteiger partial charge >= 0.3 is 6.98 Å². The summed E-state index contributed by atoms with van der Waals surface area (Å²) in [6, 6.07) is 5.12. The summed E-state index contributed by atoms with van der Waals surface area (Å²) >= 11 is 0. The molecular weight excluding hydrogens is 204 g/mol. The Balaban J connectivity index is 2.11. The van der Waals surface area contributed by atoms with E-state index in [4.69, 9.17) is 4.74 Å². The second-order valence-electron chi connectivity index (χ2n) is 3.82. The van der Waals surface area contributed by atoms with Crippen molar-refractivity contribution in [3.63, 3.8) is 0 Å². The van der Waals surface area contributed by atoms with E-state index in [1.54, 1.807) is 6.07 Å². The molecule has 0 N–H and O–H groups in total. The summed E-state index contributed by atoms with van der Waals surface area (Å²) in [6.07, 6.45) is 3.11. The maximum absolute atomic E-state index is 12.4. The molecule has 1 saturated carbocycles. The van der Waals surface area contributed by atoms with Crippen LogP contribution in [-0.4, -0.2) is 13.1 Å². The third-order valence-corrected chi connectivity index (χ3v) is 2.59. The molecule has 0 spiro atoms. The smallest absolute Gasteiger partial charge is 0.491 e. The number of hydrogen-bond acceptors (Lipinski definition) is 1. The van der Waals surface area contributed by atoms with Gasteiger partial charge in [-0.25, -0.2) is 0 Å². The highest BCUT2D eigenvalue weighted by molar-refractivity contribution is 6.73. The van der Waals surface area contributed by atoms with Gasteiger partial charge in [-0.05, 0) is 31.4 Å². The Morgan fingerprint density at radius 2 is 1.93 bits per heavy atom. The average Bonchev–Trinajstić information content (AvgIpc) is 2.11. The summed E-state index contributed by atoms with van der Waals surface area (Å²) in [6.45, 7) is -4.92. The zero-order valence-electron chi connectivity index (χ0n) is 8.13. The van der Waals surface area contributed by atoms with Crippen LogP contribution >= 0.6 is 0 Å². The Kier molecular flexibility index (Phi) is 2.63. The molecule has 0 saturated heterocycles. The molecule has 15 heavy (non-hydrogen) atoms. The average molecular weight is 215 g/mol. The van der Waals surface area contributed by atoms with Crippen LogP contribution in [0, 0.1) is 0 Å². The summed E-state index contributed by atoms with van der Waals surface area (Å²) in [4.78, 5) is 0. The van der Waals surface area contributed by atoms with Gasteiger partial charge in [0.05, 0.1) is 6.10 Å². The molecule has 0 heterocycles. The quantitative estimate of drug-likeness (QED) is 0.704. The zero-order chi connectivity index (χ0) is 10.9. The van der Waals surface area contributed by atoms with E-state index in [1.165, 1.54) is 6.07 Å². The lowest BCUT2D eigenvalue weighted by Crippen LogP contribution is -2.34. The van der Waals surface area contributed by atoms with Crippen molar-refractivity contribution in [2.75, 3.05) is 0 Å². The molecule has 1 nitrogen and oxygen atoms in total. The predicted octanol–water partition coefficient (Wildman–Crippen LogP) is 2.67. The van der Waals surface area contributed by atoms with Gasteiger partial charge in [0.1, 0.15) is 5.75 Å². The summed E-state index contributed by atoms with van der Waals surface area (Å²) in [5, 5.41) is 0. The van der Waals surface area contributed by atoms with Crippen LogP contribution in [0.15, 0.2) is 24.3 Å². The molecule has 0 radical (unpaired) electrons. The molecule has 0 aromatic heterocycles. The van der Waals surface area contributed by atoms with Gasteiger partial charge in [-0.3, -0.25) is 0 Å². The SMILES string of the molecule is F[B-](F)(F)c1cccc(OC2CCC2)c1. The second kappa shape index (κ2) is 3.79. The minimum Gasteiger partial charge on any atom is -0.491 e. The van der Waals surface area contributed by atoms with Crippen LogP contribution in [0.2, 0.25) is 0 Å². The first-order chi connectivity index (χ1) is 7.05. The lowest BCUT2D eigenvalue weighted by molar-refractivity contribution is 0.120. The minimum atomic E-state index is -4.92. The van der Waals surface area contributed by atoms with Gasteiger partial charge in [0.15, 0.2) is 0 Å². The van der Waals surface area contributed by atoms with E-state index < -0.39 is 12.4 Å². The van der Waals surface area contributed by atoms with Crippen LogP contribution < -0.4 is 10.2 Å². The van der Waals surface area contributed by atoms with E-state index in [1.807, 2.05) is 0 Å². The highest BCUT2D eigenvalue weighted by atomic mass is 19.4. The van der Waals surface area contributed by atoms with Gasteiger partial charge in [-0.2, -0.15) is 0 Å². The fourth-order valence-corrected chi connectivity index (χ4v) is 1.47. The maximum Gasteiger partial charge on any atom is 0.509 e. The standard InChI is InChI=1S/C10H11BF3O/c12-11(13,14)8-3-1-6-10(7-8)15-9-4-2-5-9/h1,3,6-7,9H,2,4-5H2/q-1. The summed E-state index contributed by atoms with van der Waals surface area (Å²) in [7, 11) is 0. The molecular formula is C10H11BF3O-. The van der Waals surface area contributed by atoms with Crippen molar-refractivity contribution in [2.45, 2.75) is 25.4 Å². The van der Waals surface area contributed by atoms with Crippen molar-refractivity contribution < 1.29 is 17.7 Å². The van der Waals surface area contributed by atoms with Gasteiger partial charge < -0.3 is 17.7 Å². The molecule has 0 bridgehead atoms. The highest BCUT2D eigenvalue weighted by Gasteiger charge is 2.26. The Labute approximate surface area is 86.3 Å². The van der Waals surface area contributed by atoms with Gasteiger partial charge in [-0.15, -0.1) is 5.46 Å². The lowest BCUT2D eigenvalue weighted by Gasteiger charge is -2.27. The number of halogens is 3. The largest absolute Gasteiger partial charge is 0.509 e. The summed E-state index contributed by atoms with van der Waals surface area (Å²) < 4.78 is 42.6. The molecule has 5 heteroatoms. The lowest BCUT2D eigenvalue weighted by atomic mass is 9.80. The van der Waals surface area contributed by atoms with Crippen LogP contribution in [0.25, 0.3) is 0 Å². The number of hydrogen-bond donors (Lipinski definition) is 0. The molecule has 1 fully saturated rings. The topological polar surface area (TPSA) is 9.23 Å². The molecule has 0 amide bonds. The fourth-order valence-electron chi connectivity index (χ4n) is 1.47. The third kappa shape index (κ3) is 2.46. The monoisotopic (exact) mass is 215 g/mol. The van der Waals surface area contributed by atoms with E-state index in [2.05, 4.69) is 0 Å². The van der Waals surface area contributed by atoms with Crippen LogP contribution in [0.1, 0.15) is 19.3 Å². The molecule has 1 aliphatic rings. The first kappa shape index (κ1) is 10.4. The normalized spacial score (nSPS) is 17.3. The first-order valence-corrected chi connectivity index (χ1v) is 5.02. The van der Waals surface area contributed by atoms with Crippen molar-refractivity contribution in [1.29, 1.82) is 0 Å². The highest BCUT2D eigenvalue weighted by Crippen LogP contribution is 2.25. The summed E-state index contributed by atoms with van der Waals surface area (Å²) in [5.74, 6) is 0.330. The van der Waals surface area contributed by atoms with Crippen molar-refractivity contribution in [2.24, 2.45) is 0 Å².